The number of esters is 1. The summed E-state index contributed by atoms with van der Waals surface area (Å²) in [6, 6.07) is 12.8. The minimum Gasteiger partial charge on any atom is -0.497 e. The lowest BCUT2D eigenvalue weighted by molar-refractivity contribution is -0.146. The van der Waals surface area contributed by atoms with Crippen LogP contribution in [0.3, 0.4) is 0 Å². The van der Waals surface area contributed by atoms with Gasteiger partial charge >= 0.3 is 11.9 Å². The van der Waals surface area contributed by atoms with Crippen molar-refractivity contribution < 1.29 is 38.6 Å². The van der Waals surface area contributed by atoms with Crippen LogP contribution in [0.25, 0.3) is 0 Å². The topological polar surface area (TPSA) is 140 Å². The largest absolute Gasteiger partial charge is 0.497 e. The van der Waals surface area contributed by atoms with Gasteiger partial charge in [0.25, 0.3) is 0 Å². The summed E-state index contributed by atoms with van der Waals surface area (Å²) in [6.07, 6.45) is 0.0892. The number of hydroxylamine groups is 1. The third-order valence-corrected chi connectivity index (χ3v) is 4.58. The second kappa shape index (κ2) is 12.8. The molecule has 0 fully saturated rings. The smallest absolute Gasteiger partial charge is 0.345 e. The van der Waals surface area contributed by atoms with Crippen molar-refractivity contribution >= 4 is 23.8 Å². The highest BCUT2D eigenvalue weighted by molar-refractivity contribution is 6.05. The van der Waals surface area contributed by atoms with Gasteiger partial charge in [0.1, 0.15) is 23.3 Å². The van der Waals surface area contributed by atoms with Crippen LogP contribution in [0.15, 0.2) is 60.2 Å². The number of nitrogens with one attached hydrogen (secondary N) is 2. The van der Waals surface area contributed by atoms with Gasteiger partial charge in [-0.25, -0.2) is 14.4 Å². The Kier molecular flexibility index (Phi) is 9.79. The normalized spacial score (nSPS) is 12.1. The second-order valence-corrected chi connectivity index (χ2v) is 6.78. The molecule has 0 bridgehead atoms. The number of methoxy groups -OCH3 is 2. The number of ether oxygens (including phenoxy) is 2. The van der Waals surface area contributed by atoms with Gasteiger partial charge in [-0.2, -0.15) is 5.48 Å². The quantitative estimate of drug-likeness (QED) is 0.183. The summed E-state index contributed by atoms with van der Waals surface area (Å²) in [5, 5.41) is 11.7. The van der Waals surface area contributed by atoms with Crippen LogP contribution in [0, 0.1) is 0 Å². The minimum atomic E-state index is -1.74. The predicted molar refractivity (Wildman–Crippen MR) is 116 cm³/mol. The number of amides is 1. The zero-order valence-electron chi connectivity index (χ0n) is 18.1. The van der Waals surface area contributed by atoms with E-state index in [0.29, 0.717) is 11.3 Å². The summed E-state index contributed by atoms with van der Waals surface area (Å²) >= 11 is 0. The Labute approximate surface area is 190 Å². The number of aliphatic carboxylic acids is 1. The van der Waals surface area contributed by atoms with Crippen LogP contribution >= 0.6 is 0 Å². The first-order valence-corrected chi connectivity index (χ1v) is 9.80. The van der Waals surface area contributed by atoms with Crippen molar-refractivity contribution in [1.29, 1.82) is 0 Å². The van der Waals surface area contributed by atoms with Gasteiger partial charge in [0.2, 0.25) is 5.91 Å². The fourth-order valence-corrected chi connectivity index (χ4v) is 2.84. The maximum atomic E-state index is 12.9. The molecule has 33 heavy (non-hydrogen) atoms. The monoisotopic (exact) mass is 456 g/mol. The lowest BCUT2D eigenvalue weighted by Crippen LogP contribution is -2.52. The molecule has 0 aliphatic carbocycles. The molecule has 0 unspecified atom stereocenters. The lowest BCUT2D eigenvalue weighted by Gasteiger charge is -2.21. The van der Waals surface area contributed by atoms with Crippen molar-refractivity contribution in [3.8, 4) is 5.75 Å². The zero-order chi connectivity index (χ0) is 24.2. The molecule has 0 saturated heterocycles. The fraction of sp³-hybridized carbons (Fsp3) is 0.261. The summed E-state index contributed by atoms with van der Waals surface area (Å²) in [5.74, 6) is -1.50. The van der Waals surface area contributed by atoms with Gasteiger partial charge in [0.15, 0.2) is 6.04 Å². The number of hydrogen-bond acceptors (Lipinski definition) is 8. The van der Waals surface area contributed by atoms with E-state index in [9.17, 15) is 24.3 Å². The molecule has 0 radical (unpaired) electrons. The highest BCUT2D eigenvalue weighted by atomic mass is 16.6. The molecule has 2 atom stereocenters. The van der Waals surface area contributed by atoms with Gasteiger partial charge in [-0.3, -0.25) is 9.63 Å². The number of carbonyl (C=O) groups is 3. The average Bonchev–Trinajstić information content (AvgIpc) is 2.83. The van der Waals surface area contributed by atoms with Crippen LogP contribution in [0.2, 0.25) is 0 Å². The van der Waals surface area contributed by atoms with Crippen molar-refractivity contribution in [2.45, 2.75) is 25.1 Å². The third-order valence-electron chi connectivity index (χ3n) is 4.58. The molecule has 0 spiro atoms. The zero-order valence-corrected chi connectivity index (χ0v) is 18.1. The molecule has 174 valence electrons. The van der Waals surface area contributed by atoms with Crippen molar-refractivity contribution in [2.75, 3.05) is 14.2 Å². The highest BCUT2D eigenvalue weighted by Crippen LogP contribution is 2.12. The summed E-state index contributed by atoms with van der Waals surface area (Å²) in [6.45, 7) is -0.0516. The molecule has 0 heterocycles. The molecule has 0 aliphatic rings. The lowest BCUT2D eigenvalue weighted by atomic mass is 10.0. The Morgan fingerprint density at radius 2 is 1.67 bits per heavy atom. The average molecular weight is 456 g/mol. The Morgan fingerprint density at radius 3 is 2.21 bits per heavy atom. The van der Waals surface area contributed by atoms with Crippen LogP contribution < -0.4 is 15.5 Å². The van der Waals surface area contributed by atoms with E-state index in [4.69, 9.17) is 14.3 Å². The molecule has 10 heteroatoms. The summed E-state index contributed by atoms with van der Waals surface area (Å²) < 4.78 is 9.81. The Hall–Kier alpha value is -3.98. The summed E-state index contributed by atoms with van der Waals surface area (Å²) in [5.41, 5.74) is 2.79. The highest BCUT2D eigenvalue weighted by Gasteiger charge is 2.33. The molecule has 0 saturated carbocycles. The van der Waals surface area contributed by atoms with Crippen LogP contribution in [0.5, 0.6) is 5.75 Å². The van der Waals surface area contributed by atoms with Gasteiger partial charge in [-0.05, 0) is 23.3 Å². The first-order chi connectivity index (χ1) is 15.9. The number of rotatable bonds is 12. The van der Waals surface area contributed by atoms with E-state index in [1.54, 1.807) is 54.6 Å². The maximum Gasteiger partial charge on any atom is 0.345 e. The van der Waals surface area contributed by atoms with Crippen LogP contribution in [0.1, 0.15) is 11.1 Å². The molecule has 1 amide bonds. The maximum absolute atomic E-state index is 12.9. The van der Waals surface area contributed by atoms with Crippen molar-refractivity contribution in [3.05, 3.63) is 71.3 Å². The first-order valence-electron chi connectivity index (χ1n) is 9.80. The Balaban J connectivity index is 2.14. The second-order valence-electron chi connectivity index (χ2n) is 6.78. The van der Waals surface area contributed by atoms with E-state index in [0.717, 1.165) is 12.7 Å². The van der Waals surface area contributed by atoms with Gasteiger partial charge < -0.3 is 19.9 Å². The molecule has 3 N–H and O–H groups in total. The van der Waals surface area contributed by atoms with E-state index < -0.39 is 35.5 Å². The van der Waals surface area contributed by atoms with Gasteiger partial charge in [0, 0.05) is 6.42 Å². The van der Waals surface area contributed by atoms with Crippen molar-refractivity contribution in [3.63, 3.8) is 0 Å². The Bertz CT molecular complexity index is 1000. The van der Waals surface area contributed by atoms with Crippen LogP contribution in [0.4, 0.5) is 0 Å². The summed E-state index contributed by atoms with van der Waals surface area (Å²) in [4.78, 5) is 53.0. The van der Waals surface area contributed by atoms with E-state index in [2.05, 4.69) is 10.8 Å². The first kappa shape index (κ1) is 25.3. The molecule has 2 rings (SSSR count). The van der Waals surface area contributed by atoms with E-state index in [1.807, 2.05) is 0 Å². The van der Waals surface area contributed by atoms with Gasteiger partial charge in [-0.1, -0.05) is 42.5 Å². The van der Waals surface area contributed by atoms with Crippen LogP contribution in [-0.2, 0) is 41.8 Å². The molecule has 0 aromatic heterocycles. The number of hydrogen-bond donors (Lipinski definition) is 3. The standard InChI is InChI=1S/C23H24N2O8/c1-31-17-10-8-16(9-11-17)14-33-25-20(18(13-26)22(28)29)21(27)24-19(23(30)32-2)12-15-6-4-3-5-7-15/h3-11,19-20,25H,12,14H2,1-2H3,(H,24,27)(H,28,29)/t19-,20-/m0/s1. The minimum absolute atomic E-state index is 0.0516. The number of carboxylic acids is 1. The SMILES string of the molecule is COC(=O)[C@H](Cc1ccccc1)NC(=O)[C@@H](NOCc1ccc(OC)cc1)C(=C=O)C(=O)O. The Morgan fingerprint density at radius 1 is 1.00 bits per heavy atom. The van der Waals surface area contributed by atoms with Crippen LogP contribution in [-0.4, -0.2) is 55.2 Å². The van der Waals surface area contributed by atoms with E-state index >= 15 is 0 Å². The predicted octanol–water partition coefficient (Wildman–Crippen LogP) is 0.828. The number of benzene rings is 2. The summed E-state index contributed by atoms with van der Waals surface area (Å²) in [7, 11) is 2.68. The van der Waals surface area contributed by atoms with Crippen molar-refractivity contribution in [2.24, 2.45) is 0 Å². The molecule has 0 aliphatic heterocycles. The van der Waals surface area contributed by atoms with E-state index in [-0.39, 0.29) is 13.0 Å². The molecular formula is C23H24N2O8. The molecular weight excluding hydrogens is 432 g/mol. The molecule has 10 nitrogen and oxygen atoms in total. The number of carbonyl (C=O) groups excluding carboxylic acids is 3. The van der Waals surface area contributed by atoms with Gasteiger partial charge in [0.05, 0.1) is 20.8 Å². The number of carboxylic acid groups (broad SMARTS) is 1. The van der Waals surface area contributed by atoms with E-state index in [1.165, 1.54) is 13.1 Å². The van der Waals surface area contributed by atoms with Crippen molar-refractivity contribution in [1.82, 2.24) is 10.8 Å². The van der Waals surface area contributed by atoms with Gasteiger partial charge in [-0.15, -0.1) is 0 Å². The molecule has 2 aromatic carbocycles. The fourth-order valence-electron chi connectivity index (χ4n) is 2.84. The third kappa shape index (κ3) is 7.58. The molecule has 2 aromatic rings.